The summed E-state index contributed by atoms with van der Waals surface area (Å²) in [5.41, 5.74) is 0. The predicted octanol–water partition coefficient (Wildman–Crippen LogP) is 10.00. The molecule has 0 rings (SSSR count). The van der Waals surface area contributed by atoms with Crippen LogP contribution < -0.4 is 0 Å². The average molecular weight is 745 g/mol. The minimum Gasteiger partial charge on any atom is -0.462 e. The second-order valence-corrected chi connectivity index (χ2v) is 14.8. The highest BCUT2D eigenvalue weighted by molar-refractivity contribution is 7.47. The summed E-state index contributed by atoms with van der Waals surface area (Å²) in [6.07, 6.45) is 35.4. The fourth-order valence-electron chi connectivity index (χ4n) is 5.13. The van der Waals surface area contributed by atoms with E-state index in [2.05, 4.69) is 54.8 Å². The van der Waals surface area contributed by atoms with Crippen molar-refractivity contribution in [3.8, 4) is 0 Å². The molecule has 10 nitrogen and oxygen atoms in total. The Morgan fingerprint density at radius 2 is 1.02 bits per heavy atom. The molecule has 298 valence electrons. The number of ether oxygens (including phenoxy) is 2. The van der Waals surface area contributed by atoms with Crippen molar-refractivity contribution >= 4 is 19.8 Å². The molecule has 3 atom stereocenters. The van der Waals surface area contributed by atoms with Crippen LogP contribution in [0.4, 0.5) is 0 Å². The van der Waals surface area contributed by atoms with Crippen LogP contribution in [0.5, 0.6) is 0 Å². The van der Waals surface area contributed by atoms with Gasteiger partial charge < -0.3 is 24.6 Å². The lowest BCUT2D eigenvalue weighted by Gasteiger charge is -2.20. The molecule has 0 saturated heterocycles. The van der Waals surface area contributed by atoms with Crippen molar-refractivity contribution in [1.82, 2.24) is 0 Å². The number of unbranched alkanes of at least 4 members (excludes halogenated alkanes) is 17. The molecule has 0 amide bonds. The van der Waals surface area contributed by atoms with E-state index >= 15 is 0 Å². The lowest BCUT2D eigenvalue weighted by atomic mass is 10.1. The molecule has 51 heavy (non-hydrogen) atoms. The summed E-state index contributed by atoms with van der Waals surface area (Å²) < 4.78 is 32.6. The van der Waals surface area contributed by atoms with E-state index < -0.39 is 51.8 Å². The molecule has 0 fully saturated rings. The number of carbonyl (C=O) groups is 2. The minimum absolute atomic E-state index is 0.171. The monoisotopic (exact) mass is 744 g/mol. The van der Waals surface area contributed by atoms with Crippen LogP contribution in [-0.2, 0) is 32.7 Å². The SMILES string of the molecule is CCCCCC=CCC=CCCCCCCCC(=O)OCC(COP(=O)(O)OCC(O)CO)OC(=O)CCCCCCCC=CCCCCCC. The van der Waals surface area contributed by atoms with Crippen LogP contribution in [0, 0.1) is 0 Å². The van der Waals surface area contributed by atoms with Gasteiger partial charge in [-0.2, -0.15) is 0 Å². The van der Waals surface area contributed by atoms with Crippen molar-refractivity contribution in [2.45, 2.75) is 180 Å². The summed E-state index contributed by atoms with van der Waals surface area (Å²) in [4.78, 5) is 34.9. The zero-order valence-electron chi connectivity index (χ0n) is 32.1. The van der Waals surface area contributed by atoms with Gasteiger partial charge in [-0.15, -0.1) is 0 Å². The van der Waals surface area contributed by atoms with Gasteiger partial charge in [-0.1, -0.05) is 121 Å². The Labute approximate surface area is 310 Å². The van der Waals surface area contributed by atoms with Crippen molar-refractivity contribution in [2.24, 2.45) is 0 Å². The number of hydrogen-bond acceptors (Lipinski definition) is 9. The van der Waals surface area contributed by atoms with Crippen molar-refractivity contribution in [1.29, 1.82) is 0 Å². The zero-order valence-corrected chi connectivity index (χ0v) is 33.0. The lowest BCUT2D eigenvalue weighted by Crippen LogP contribution is -2.29. The largest absolute Gasteiger partial charge is 0.472 e. The van der Waals surface area contributed by atoms with E-state index in [-0.39, 0.29) is 19.4 Å². The molecule has 0 spiro atoms. The smallest absolute Gasteiger partial charge is 0.462 e. The summed E-state index contributed by atoms with van der Waals surface area (Å²) in [5.74, 6) is -0.952. The number of hydrogen-bond donors (Lipinski definition) is 3. The number of rotatable bonds is 37. The first-order valence-corrected chi connectivity index (χ1v) is 21.4. The van der Waals surface area contributed by atoms with Crippen LogP contribution in [0.3, 0.4) is 0 Å². The molecule has 3 N–H and O–H groups in total. The number of esters is 2. The summed E-state index contributed by atoms with van der Waals surface area (Å²) in [6, 6.07) is 0. The molecule has 3 unspecified atom stereocenters. The van der Waals surface area contributed by atoms with Gasteiger partial charge in [0.2, 0.25) is 0 Å². The summed E-state index contributed by atoms with van der Waals surface area (Å²) >= 11 is 0. The summed E-state index contributed by atoms with van der Waals surface area (Å²) in [5, 5.41) is 18.3. The molecule has 11 heteroatoms. The van der Waals surface area contributed by atoms with Gasteiger partial charge in [0.25, 0.3) is 0 Å². The van der Waals surface area contributed by atoms with E-state index in [1.54, 1.807) is 0 Å². The summed E-state index contributed by atoms with van der Waals surface area (Å²) in [7, 11) is -4.62. The fourth-order valence-corrected chi connectivity index (χ4v) is 5.92. The zero-order chi connectivity index (χ0) is 37.7. The number of carbonyl (C=O) groups excluding carboxylic acids is 2. The molecule has 0 heterocycles. The van der Waals surface area contributed by atoms with E-state index in [0.717, 1.165) is 83.5 Å². The van der Waals surface area contributed by atoms with Crippen LogP contribution in [0.15, 0.2) is 36.5 Å². The number of phosphoric acid groups is 1. The normalized spacial score (nSPS) is 14.4. The highest BCUT2D eigenvalue weighted by atomic mass is 31.2. The Bertz CT molecular complexity index is 952. The molecule has 0 aliphatic carbocycles. The van der Waals surface area contributed by atoms with E-state index in [1.807, 2.05) is 0 Å². The van der Waals surface area contributed by atoms with Crippen molar-refractivity contribution in [2.75, 3.05) is 26.4 Å². The Morgan fingerprint density at radius 1 is 0.588 bits per heavy atom. The topological polar surface area (TPSA) is 149 Å². The Balaban J connectivity index is 4.38. The molecule has 0 saturated carbocycles. The third-order valence-electron chi connectivity index (χ3n) is 8.27. The predicted molar refractivity (Wildman–Crippen MR) is 205 cm³/mol. The van der Waals surface area contributed by atoms with Gasteiger partial charge in [0.1, 0.15) is 12.7 Å². The van der Waals surface area contributed by atoms with Crippen molar-refractivity contribution in [3.05, 3.63) is 36.5 Å². The molecule has 0 radical (unpaired) electrons. The van der Waals surface area contributed by atoms with Gasteiger partial charge >= 0.3 is 19.8 Å². The second-order valence-electron chi connectivity index (χ2n) is 13.3. The van der Waals surface area contributed by atoms with E-state index in [0.29, 0.717) is 12.8 Å². The first-order valence-electron chi connectivity index (χ1n) is 19.9. The maximum absolute atomic E-state index is 12.5. The number of aliphatic hydroxyl groups is 2. The van der Waals surface area contributed by atoms with Crippen LogP contribution in [0.25, 0.3) is 0 Å². The van der Waals surface area contributed by atoms with Gasteiger partial charge in [0.05, 0.1) is 19.8 Å². The maximum Gasteiger partial charge on any atom is 0.472 e. The minimum atomic E-state index is -4.62. The van der Waals surface area contributed by atoms with Crippen molar-refractivity contribution < 1.29 is 47.8 Å². The van der Waals surface area contributed by atoms with E-state index in [9.17, 15) is 24.2 Å². The third-order valence-corrected chi connectivity index (χ3v) is 9.22. The first kappa shape index (κ1) is 49.2. The lowest BCUT2D eigenvalue weighted by molar-refractivity contribution is -0.161. The fraction of sp³-hybridized carbons (Fsp3) is 0.800. The molecule has 0 aromatic rings. The number of allylic oxidation sites excluding steroid dienone is 6. The number of phosphoric ester groups is 1. The van der Waals surface area contributed by atoms with Crippen LogP contribution in [-0.4, -0.2) is 65.7 Å². The first-order chi connectivity index (χ1) is 24.7. The highest BCUT2D eigenvalue weighted by Gasteiger charge is 2.27. The Kier molecular flexibility index (Phi) is 35.2. The third kappa shape index (κ3) is 36.3. The molecular formula is C40H73O10P. The van der Waals surface area contributed by atoms with Gasteiger partial charge in [-0.3, -0.25) is 18.6 Å². The summed E-state index contributed by atoms with van der Waals surface area (Å²) in [6.45, 7) is 2.30. The van der Waals surface area contributed by atoms with Crippen LogP contribution in [0.1, 0.15) is 168 Å². The maximum atomic E-state index is 12.5. The second kappa shape index (κ2) is 36.5. The highest BCUT2D eigenvalue weighted by Crippen LogP contribution is 2.43. The van der Waals surface area contributed by atoms with Gasteiger partial charge in [-0.25, -0.2) is 4.57 Å². The van der Waals surface area contributed by atoms with Gasteiger partial charge in [-0.05, 0) is 70.6 Å². The standard InChI is InChI=1S/C40H73O10P/c1-3-5-7-9-11-13-15-17-18-20-21-23-25-27-29-31-39(43)47-35-38(36-49-51(45,46)48-34-37(42)33-41)50-40(44)32-30-28-26-24-22-19-16-14-12-10-8-6-4-2/h11,13-14,16-18,37-38,41-42H,3-10,12,15,19-36H2,1-2H3,(H,45,46). The van der Waals surface area contributed by atoms with Gasteiger partial charge in [0, 0.05) is 12.8 Å². The Morgan fingerprint density at radius 3 is 1.57 bits per heavy atom. The van der Waals surface area contributed by atoms with E-state index in [4.69, 9.17) is 19.1 Å². The van der Waals surface area contributed by atoms with E-state index in [1.165, 1.54) is 44.9 Å². The molecule has 0 aromatic heterocycles. The molecule has 0 bridgehead atoms. The molecule has 0 aromatic carbocycles. The Hall–Kier alpha value is -1.81. The van der Waals surface area contributed by atoms with Gasteiger partial charge in [0.15, 0.2) is 6.10 Å². The van der Waals surface area contributed by atoms with Crippen LogP contribution >= 0.6 is 7.82 Å². The quantitative estimate of drug-likeness (QED) is 0.0243. The molecule has 0 aliphatic rings. The average Bonchev–Trinajstić information content (AvgIpc) is 3.12. The van der Waals surface area contributed by atoms with Crippen LogP contribution in [0.2, 0.25) is 0 Å². The molecular weight excluding hydrogens is 671 g/mol. The molecule has 0 aliphatic heterocycles. The number of aliphatic hydroxyl groups excluding tert-OH is 2. The van der Waals surface area contributed by atoms with Crippen molar-refractivity contribution in [3.63, 3.8) is 0 Å².